The molecule has 4 nitrogen and oxygen atoms in total. The first-order chi connectivity index (χ1) is 6.86. The SMILES string of the molecule is COC(=O)c1ccc(Br)c(C(C)(O)O)c1. The van der Waals surface area contributed by atoms with Gasteiger partial charge in [0.25, 0.3) is 0 Å². The van der Waals surface area contributed by atoms with Crippen LogP contribution in [0, 0.1) is 0 Å². The normalized spacial score (nSPS) is 11.3. The predicted molar refractivity (Wildman–Crippen MR) is 57.3 cm³/mol. The fourth-order valence-corrected chi connectivity index (χ4v) is 1.76. The molecular formula is C10H11BrO4. The molecule has 0 saturated heterocycles. The number of carbonyl (C=O) groups excluding carboxylic acids is 1. The molecule has 2 N–H and O–H groups in total. The Labute approximate surface area is 95.6 Å². The van der Waals surface area contributed by atoms with Gasteiger partial charge in [0.1, 0.15) is 0 Å². The van der Waals surface area contributed by atoms with Gasteiger partial charge in [0.05, 0.1) is 12.7 Å². The first-order valence-electron chi connectivity index (χ1n) is 4.19. The lowest BCUT2D eigenvalue weighted by Crippen LogP contribution is -2.21. The molecule has 0 aliphatic heterocycles. The van der Waals surface area contributed by atoms with E-state index in [9.17, 15) is 15.0 Å². The van der Waals surface area contributed by atoms with Crippen LogP contribution in [0.15, 0.2) is 22.7 Å². The van der Waals surface area contributed by atoms with Gasteiger partial charge in [-0.2, -0.15) is 0 Å². The molecule has 5 heteroatoms. The van der Waals surface area contributed by atoms with Crippen LogP contribution in [0.2, 0.25) is 0 Å². The zero-order valence-electron chi connectivity index (χ0n) is 8.32. The van der Waals surface area contributed by atoms with Crippen LogP contribution in [0.5, 0.6) is 0 Å². The lowest BCUT2D eigenvalue weighted by molar-refractivity contribution is -0.153. The summed E-state index contributed by atoms with van der Waals surface area (Å²) in [6.45, 7) is 1.22. The largest absolute Gasteiger partial charge is 0.465 e. The minimum absolute atomic E-state index is 0.213. The monoisotopic (exact) mass is 274 g/mol. The summed E-state index contributed by atoms with van der Waals surface area (Å²) in [6, 6.07) is 4.47. The Hall–Kier alpha value is -0.910. The molecule has 82 valence electrons. The molecule has 1 aromatic rings. The summed E-state index contributed by atoms with van der Waals surface area (Å²) in [4.78, 5) is 11.2. The molecule has 0 amide bonds. The molecule has 0 spiro atoms. The Bertz CT molecular complexity index is 381. The Morgan fingerprint density at radius 1 is 1.47 bits per heavy atom. The van der Waals surface area contributed by atoms with E-state index < -0.39 is 11.8 Å². The average Bonchev–Trinajstić information content (AvgIpc) is 2.15. The fourth-order valence-electron chi connectivity index (χ4n) is 1.13. The third-order valence-corrected chi connectivity index (χ3v) is 2.59. The van der Waals surface area contributed by atoms with E-state index in [1.165, 1.54) is 26.2 Å². The quantitative estimate of drug-likeness (QED) is 0.632. The molecule has 0 bridgehead atoms. The average molecular weight is 275 g/mol. The molecule has 1 aromatic carbocycles. The van der Waals surface area contributed by atoms with E-state index in [1.807, 2.05) is 0 Å². The smallest absolute Gasteiger partial charge is 0.337 e. The van der Waals surface area contributed by atoms with Crippen LogP contribution in [0.1, 0.15) is 22.8 Å². The van der Waals surface area contributed by atoms with Crippen molar-refractivity contribution in [3.63, 3.8) is 0 Å². The zero-order chi connectivity index (χ0) is 11.6. The van der Waals surface area contributed by atoms with Crippen molar-refractivity contribution < 1.29 is 19.7 Å². The third kappa shape index (κ3) is 2.77. The highest BCUT2D eigenvalue weighted by molar-refractivity contribution is 9.10. The van der Waals surface area contributed by atoms with Crippen molar-refractivity contribution in [2.75, 3.05) is 7.11 Å². The Balaban J connectivity index is 3.23. The molecule has 0 saturated carbocycles. The summed E-state index contributed by atoms with van der Waals surface area (Å²) in [5.74, 6) is -2.52. The number of halogens is 1. The first kappa shape index (κ1) is 12.2. The molecule has 0 aliphatic carbocycles. The summed E-state index contributed by atoms with van der Waals surface area (Å²) in [5, 5.41) is 18.8. The second-order valence-electron chi connectivity index (χ2n) is 3.21. The molecule has 0 aromatic heterocycles. The van der Waals surface area contributed by atoms with Crippen molar-refractivity contribution in [3.8, 4) is 0 Å². The number of esters is 1. The summed E-state index contributed by atoms with van der Waals surface area (Å²) < 4.78 is 5.04. The molecule has 1 rings (SSSR count). The van der Waals surface area contributed by atoms with Crippen LogP contribution in [-0.4, -0.2) is 23.3 Å². The Morgan fingerprint density at radius 3 is 2.53 bits per heavy atom. The van der Waals surface area contributed by atoms with Crippen LogP contribution in [0.25, 0.3) is 0 Å². The lowest BCUT2D eigenvalue weighted by atomic mass is 10.0. The summed E-state index contributed by atoms with van der Waals surface area (Å²) in [5.41, 5.74) is 0.482. The van der Waals surface area contributed by atoms with Crippen LogP contribution < -0.4 is 0 Å². The number of carbonyl (C=O) groups is 1. The summed E-state index contributed by atoms with van der Waals surface area (Å²) in [6.07, 6.45) is 0. The Kier molecular flexibility index (Phi) is 3.49. The van der Waals surface area contributed by atoms with Crippen molar-refractivity contribution in [2.24, 2.45) is 0 Å². The van der Waals surface area contributed by atoms with Gasteiger partial charge in [0, 0.05) is 10.0 Å². The topological polar surface area (TPSA) is 66.8 Å². The fraction of sp³-hybridized carbons (Fsp3) is 0.300. The highest BCUT2D eigenvalue weighted by Gasteiger charge is 2.23. The Morgan fingerprint density at radius 2 is 2.07 bits per heavy atom. The van der Waals surface area contributed by atoms with E-state index in [-0.39, 0.29) is 11.1 Å². The maximum absolute atomic E-state index is 11.2. The van der Waals surface area contributed by atoms with Crippen LogP contribution >= 0.6 is 15.9 Å². The molecule has 0 radical (unpaired) electrons. The lowest BCUT2D eigenvalue weighted by Gasteiger charge is -2.18. The minimum atomic E-state index is -2.00. The second kappa shape index (κ2) is 4.30. The van der Waals surface area contributed by atoms with E-state index >= 15 is 0 Å². The van der Waals surface area contributed by atoms with E-state index in [0.29, 0.717) is 4.47 Å². The van der Waals surface area contributed by atoms with Gasteiger partial charge < -0.3 is 14.9 Å². The highest BCUT2D eigenvalue weighted by Crippen LogP contribution is 2.27. The predicted octanol–water partition coefficient (Wildman–Crippen LogP) is 1.39. The van der Waals surface area contributed by atoms with Gasteiger partial charge in [-0.05, 0) is 25.1 Å². The van der Waals surface area contributed by atoms with Crippen molar-refractivity contribution in [1.82, 2.24) is 0 Å². The van der Waals surface area contributed by atoms with Crippen molar-refractivity contribution in [3.05, 3.63) is 33.8 Å². The molecule has 0 unspecified atom stereocenters. The third-order valence-electron chi connectivity index (χ3n) is 1.90. The molecule has 0 atom stereocenters. The molecule has 0 aliphatic rings. The van der Waals surface area contributed by atoms with Gasteiger partial charge in [0.2, 0.25) is 0 Å². The standard InChI is InChI=1S/C10H11BrO4/c1-10(13,14)7-5-6(9(12)15-2)3-4-8(7)11/h3-5,13-14H,1-2H3. The van der Waals surface area contributed by atoms with Crippen LogP contribution in [0.3, 0.4) is 0 Å². The van der Waals surface area contributed by atoms with Crippen molar-refractivity contribution in [2.45, 2.75) is 12.7 Å². The van der Waals surface area contributed by atoms with Gasteiger partial charge in [0.15, 0.2) is 5.79 Å². The van der Waals surface area contributed by atoms with Crippen molar-refractivity contribution >= 4 is 21.9 Å². The van der Waals surface area contributed by atoms with Gasteiger partial charge in [-0.15, -0.1) is 0 Å². The van der Waals surface area contributed by atoms with Gasteiger partial charge in [-0.25, -0.2) is 4.79 Å². The maximum atomic E-state index is 11.2. The molecule has 0 heterocycles. The number of rotatable bonds is 2. The van der Waals surface area contributed by atoms with E-state index in [2.05, 4.69) is 20.7 Å². The van der Waals surface area contributed by atoms with E-state index in [4.69, 9.17) is 0 Å². The van der Waals surface area contributed by atoms with Crippen LogP contribution in [-0.2, 0) is 10.5 Å². The van der Waals surface area contributed by atoms with E-state index in [0.717, 1.165) is 0 Å². The van der Waals surface area contributed by atoms with Crippen LogP contribution in [0.4, 0.5) is 0 Å². The first-order valence-corrected chi connectivity index (χ1v) is 4.98. The number of ether oxygens (including phenoxy) is 1. The summed E-state index contributed by atoms with van der Waals surface area (Å²) in [7, 11) is 1.27. The number of hydrogen-bond donors (Lipinski definition) is 2. The second-order valence-corrected chi connectivity index (χ2v) is 4.06. The highest BCUT2D eigenvalue weighted by atomic mass is 79.9. The number of aliphatic hydroxyl groups is 2. The number of benzene rings is 1. The molecule has 0 fully saturated rings. The molecular weight excluding hydrogens is 264 g/mol. The minimum Gasteiger partial charge on any atom is -0.465 e. The zero-order valence-corrected chi connectivity index (χ0v) is 9.91. The number of methoxy groups -OCH3 is 1. The van der Waals surface area contributed by atoms with Gasteiger partial charge >= 0.3 is 5.97 Å². The number of hydrogen-bond acceptors (Lipinski definition) is 4. The molecule has 15 heavy (non-hydrogen) atoms. The van der Waals surface area contributed by atoms with Gasteiger partial charge in [-0.1, -0.05) is 15.9 Å². The van der Waals surface area contributed by atoms with E-state index in [1.54, 1.807) is 6.07 Å². The summed E-state index contributed by atoms with van der Waals surface area (Å²) >= 11 is 3.17. The van der Waals surface area contributed by atoms with Crippen molar-refractivity contribution in [1.29, 1.82) is 0 Å². The van der Waals surface area contributed by atoms with Gasteiger partial charge in [-0.3, -0.25) is 0 Å². The maximum Gasteiger partial charge on any atom is 0.337 e.